The summed E-state index contributed by atoms with van der Waals surface area (Å²) in [5.74, 6) is -0.212. The van der Waals surface area contributed by atoms with E-state index < -0.39 is 9.96 Å². The minimum absolute atomic E-state index is 0.212. The monoisotopic (exact) mass is 321 g/mol. The quantitative estimate of drug-likeness (QED) is 0.817. The van der Waals surface area contributed by atoms with Crippen molar-refractivity contribution in [1.82, 2.24) is 5.32 Å². The maximum atomic E-state index is 12.2. The lowest BCUT2D eigenvalue weighted by atomic mass is 10.2. The van der Waals surface area contributed by atoms with Crippen LogP contribution < -0.4 is 10.2 Å². The highest BCUT2D eigenvalue weighted by Crippen LogP contribution is 2.28. The van der Waals surface area contributed by atoms with Gasteiger partial charge in [-0.3, -0.25) is 10.1 Å². The Balaban J connectivity index is 2.10. The average molecular weight is 323 g/mol. The third kappa shape index (κ3) is 3.99. The van der Waals surface area contributed by atoms with Crippen LogP contribution in [0.25, 0.3) is 0 Å². The smallest absolute Gasteiger partial charge is 0.262 e. The molecule has 1 atom stereocenters. The molecule has 1 heterocycles. The number of hydrogen-bond acceptors (Lipinski definition) is 1. The number of benzene rings is 1. The Morgan fingerprint density at radius 3 is 2.26 bits per heavy atom. The van der Waals surface area contributed by atoms with E-state index in [9.17, 15) is 4.79 Å². The Labute approximate surface area is 127 Å². The summed E-state index contributed by atoms with van der Waals surface area (Å²) in [5, 5.41) is 2.84. The highest BCUT2D eigenvalue weighted by atomic mass is 35.6. The molecule has 2 N–H and O–H groups in total. The summed E-state index contributed by atoms with van der Waals surface area (Å²) in [6.07, 6.45) is 1.66. The van der Waals surface area contributed by atoms with Crippen LogP contribution in [0, 0.1) is 0 Å². The van der Waals surface area contributed by atoms with Crippen LogP contribution in [0.1, 0.15) is 23.2 Å². The molecule has 1 aliphatic rings. The van der Waals surface area contributed by atoms with E-state index in [2.05, 4.69) is 5.32 Å². The van der Waals surface area contributed by atoms with Gasteiger partial charge in [0.05, 0.1) is 13.1 Å². The van der Waals surface area contributed by atoms with Crippen LogP contribution in [-0.2, 0) is 0 Å². The van der Waals surface area contributed by atoms with Gasteiger partial charge in [-0.25, -0.2) is 0 Å². The molecule has 1 unspecified atom stereocenters. The minimum Gasteiger partial charge on any atom is -0.312 e. The number of alkyl halides is 3. The highest BCUT2D eigenvalue weighted by Gasteiger charge is 2.43. The number of nitrogens with one attached hydrogen (secondary N) is 2. The van der Waals surface area contributed by atoms with Gasteiger partial charge in [0.1, 0.15) is 0 Å². The summed E-state index contributed by atoms with van der Waals surface area (Å²) >= 11 is 18.0. The van der Waals surface area contributed by atoms with Gasteiger partial charge in [-0.05, 0) is 12.1 Å². The summed E-state index contributed by atoms with van der Waals surface area (Å²) < 4.78 is -1.51. The SMILES string of the molecule is O=C(NC([NH+]1CCCC1)C(Cl)(Cl)Cl)c1ccccc1. The lowest BCUT2D eigenvalue weighted by Gasteiger charge is -2.30. The number of likely N-dealkylation sites (tertiary alicyclic amines) is 1. The van der Waals surface area contributed by atoms with E-state index in [1.165, 1.54) is 0 Å². The molecule has 0 spiro atoms. The first kappa shape index (κ1) is 14.9. The molecule has 19 heavy (non-hydrogen) atoms. The molecule has 1 aromatic carbocycles. The van der Waals surface area contributed by atoms with Crippen molar-refractivity contribution in [2.75, 3.05) is 13.1 Å². The van der Waals surface area contributed by atoms with Crippen molar-refractivity contribution >= 4 is 40.7 Å². The molecule has 6 heteroatoms. The van der Waals surface area contributed by atoms with E-state index in [-0.39, 0.29) is 5.91 Å². The van der Waals surface area contributed by atoms with E-state index in [0.29, 0.717) is 5.56 Å². The number of quaternary nitrogens is 1. The van der Waals surface area contributed by atoms with Gasteiger partial charge >= 0.3 is 0 Å². The van der Waals surface area contributed by atoms with Crippen molar-refractivity contribution in [2.24, 2.45) is 0 Å². The van der Waals surface area contributed by atoms with E-state index >= 15 is 0 Å². The van der Waals surface area contributed by atoms with Crippen LogP contribution in [0.3, 0.4) is 0 Å². The van der Waals surface area contributed by atoms with Crippen LogP contribution in [-0.4, -0.2) is 29.0 Å². The van der Waals surface area contributed by atoms with Crippen LogP contribution >= 0.6 is 34.8 Å². The van der Waals surface area contributed by atoms with Gasteiger partial charge in [0.2, 0.25) is 6.17 Å². The van der Waals surface area contributed by atoms with E-state index in [4.69, 9.17) is 34.8 Å². The Hall–Kier alpha value is -0.480. The van der Waals surface area contributed by atoms with Crippen LogP contribution in [0.15, 0.2) is 30.3 Å². The molecule has 1 fully saturated rings. The third-order valence-corrected chi connectivity index (χ3v) is 3.95. The van der Waals surface area contributed by atoms with Crippen molar-refractivity contribution in [3.05, 3.63) is 35.9 Å². The molecule has 0 aliphatic carbocycles. The van der Waals surface area contributed by atoms with Gasteiger partial charge in [0.25, 0.3) is 9.70 Å². The summed E-state index contributed by atoms with van der Waals surface area (Å²) in [7, 11) is 0. The summed E-state index contributed by atoms with van der Waals surface area (Å²) in [6.45, 7) is 1.82. The third-order valence-electron chi connectivity index (χ3n) is 3.29. The van der Waals surface area contributed by atoms with Crippen molar-refractivity contribution in [3.63, 3.8) is 0 Å². The molecule has 0 saturated carbocycles. The second kappa shape index (κ2) is 6.31. The van der Waals surface area contributed by atoms with Crippen molar-refractivity contribution in [1.29, 1.82) is 0 Å². The number of halogens is 3. The van der Waals surface area contributed by atoms with Crippen molar-refractivity contribution in [3.8, 4) is 0 Å². The number of carbonyl (C=O) groups is 1. The van der Waals surface area contributed by atoms with Crippen molar-refractivity contribution < 1.29 is 9.69 Å². The summed E-state index contributed by atoms with van der Waals surface area (Å²) in [6, 6.07) is 8.95. The summed E-state index contributed by atoms with van der Waals surface area (Å²) in [4.78, 5) is 13.3. The molecule has 0 bridgehead atoms. The second-order valence-corrected chi connectivity index (χ2v) is 7.05. The normalized spacial score (nSPS) is 18.3. The van der Waals surface area contributed by atoms with Gasteiger partial charge in [-0.1, -0.05) is 53.0 Å². The first-order valence-corrected chi connectivity index (χ1v) is 7.39. The molecule has 1 aromatic rings. The lowest BCUT2D eigenvalue weighted by Crippen LogP contribution is -3.17. The molecule has 0 radical (unpaired) electrons. The van der Waals surface area contributed by atoms with Crippen LogP contribution in [0.2, 0.25) is 0 Å². The van der Waals surface area contributed by atoms with Gasteiger partial charge < -0.3 is 4.90 Å². The number of hydrogen-bond donors (Lipinski definition) is 2. The molecule has 1 amide bonds. The molecule has 2 rings (SSSR count). The molecular formula is C13H16Cl3N2O+. The predicted octanol–water partition coefficient (Wildman–Crippen LogP) is 1.79. The molecule has 104 valence electrons. The zero-order chi connectivity index (χ0) is 13.9. The number of amides is 1. The fraction of sp³-hybridized carbons (Fsp3) is 0.462. The van der Waals surface area contributed by atoms with Crippen LogP contribution in [0.5, 0.6) is 0 Å². The van der Waals surface area contributed by atoms with Crippen LogP contribution in [0.4, 0.5) is 0 Å². The topological polar surface area (TPSA) is 33.5 Å². The summed E-state index contributed by atoms with van der Waals surface area (Å²) in [5.41, 5.74) is 0.570. The van der Waals surface area contributed by atoms with Gasteiger partial charge in [-0.2, -0.15) is 0 Å². The zero-order valence-corrected chi connectivity index (χ0v) is 12.6. The van der Waals surface area contributed by atoms with E-state index in [1.807, 2.05) is 18.2 Å². The van der Waals surface area contributed by atoms with E-state index in [0.717, 1.165) is 30.8 Å². The highest BCUT2D eigenvalue weighted by molar-refractivity contribution is 6.68. The lowest BCUT2D eigenvalue weighted by molar-refractivity contribution is -0.915. The molecule has 1 saturated heterocycles. The van der Waals surface area contributed by atoms with E-state index in [1.54, 1.807) is 12.1 Å². The molecule has 0 aromatic heterocycles. The molecule has 1 aliphatic heterocycles. The van der Waals surface area contributed by atoms with Gasteiger partial charge in [0.15, 0.2) is 0 Å². The predicted molar refractivity (Wildman–Crippen MR) is 77.9 cm³/mol. The maximum Gasteiger partial charge on any atom is 0.262 e. The number of rotatable bonds is 3. The number of carbonyl (C=O) groups excluding carboxylic acids is 1. The largest absolute Gasteiger partial charge is 0.312 e. The Morgan fingerprint density at radius 2 is 1.74 bits per heavy atom. The first-order valence-electron chi connectivity index (χ1n) is 6.25. The average Bonchev–Trinajstić information content (AvgIpc) is 2.88. The molecular weight excluding hydrogens is 307 g/mol. The van der Waals surface area contributed by atoms with Crippen molar-refractivity contribution in [2.45, 2.75) is 22.8 Å². The second-order valence-electron chi connectivity index (χ2n) is 4.68. The zero-order valence-electron chi connectivity index (χ0n) is 10.3. The molecule has 3 nitrogen and oxygen atoms in total. The Kier molecular flexibility index (Phi) is 4.96. The van der Waals surface area contributed by atoms with Gasteiger partial charge in [-0.15, -0.1) is 0 Å². The minimum atomic E-state index is -1.51. The van der Waals surface area contributed by atoms with Gasteiger partial charge in [0, 0.05) is 18.4 Å². The fourth-order valence-electron chi connectivity index (χ4n) is 2.34. The Bertz CT molecular complexity index is 427. The fourth-order valence-corrected chi connectivity index (χ4v) is 2.96. The standard InChI is InChI=1S/C13H15Cl3N2O/c14-13(15,16)12(18-8-4-5-9-18)17-11(19)10-6-2-1-3-7-10/h1-3,6-7,12H,4-5,8-9H2,(H,17,19)/p+1. The first-order chi connectivity index (χ1) is 8.98. The Morgan fingerprint density at radius 1 is 1.16 bits per heavy atom. The maximum absolute atomic E-state index is 12.2.